The molecule has 0 spiro atoms. The third-order valence-corrected chi connectivity index (χ3v) is 8.99. The quantitative estimate of drug-likeness (QED) is 0.275. The van der Waals surface area contributed by atoms with Crippen LogP contribution in [0.25, 0.3) is 0 Å². The van der Waals surface area contributed by atoms with E-state index >= 15 is 0 Å². The monoisotopic (exact) mass is 566 g/mol. The van der Waals surface area contributed by atoms with Gasteiger partial charge in [0.15, 0.2) is 34.5 Å². The van der Waals surface area contributed by atoms with Crippen molar-refractivity contribution >= 4 is 0 Å². The van der Waals surface area contributed by atoms with E-state index in [4.69, 9.17) is 23.7 Å². The predicted molar refractivity (Wildman–Crippen MR) is 163 cm³/mol. The standard InChI is InChI=1S/C35H38N2O5/c1-20-6-7-21(2)40-29-16-22(8-9-28(29)38-4)15-26-25-19-31-30(17-23(25)10-12-36-26)41-34-32(39-5)18-24-11-13-37(3)27(14-20)33(24)35(34)42-31/h6-9,16-19,26-27,36H,10-15H2,1-5H3/b20-6+,21-7+/t26-,27?/m0/s1. The topological polar surface area (TPSA) is 61.4 Å². The molecule has 0 aromatic heterocycles. The lowest BCUT2D eigenvalue weighted by Gasteiger charge is -2.38. The van der Waals surface area contributed by atoms with E-state index in [0.717, 1.165) is 79.0 Å². The summed E-state index contributed by atoms with van der Waals surface area (Å²) in [6.45, 7) is 6.01. The molecule has 0 saturated carbocycles. The van der Waals surface area contributed by atoms with Crippen LogP contribution in [0.1, 0.15) is 60.2 Å². The van der Waals surface area contributed by atoms with Crippen molar-refractivity contribution in [2.45, 2.75) is 51.6 Å². The van der Waals surface area contributed by atoms with Gasteiger partial charge >= 0.3 is 0 Å². The van der Waals surface area contributed by atoms with Crippen LogP contribution in [0, 0.1) is 0 Å². The molecule has 0 radical (unpaired) electrons. The number of methoxy groups -OCH3 is 2. The first kappa shape index (κ1) is 26.9. The van der Waals surface area contributed by atoms with Gasteiger partial charge in [0.1, 0.15) is 5.76 Å². The van der Waals surface area contributed by atoms with Crippen molar-refractivity contribution < 1.29 is 23.7 Å². The van der Waals surface area contributed by atoms with Crippen molar-refractivity contribution in [1.29, 1.82) is 0 Å². The molecular weight excluding hydrogens is 528 g/mol. The molecule has 0 amide bonds. The molecule has 0 saturated heterocycles. The molecular formula is C35H38N2O5. The molecule has 5 bridgehead atoms. The van der Waals surface area contributed by atoms with Crippen LogP contribution in [0.15, 0.2) is 59.9 Å². The molecule has 218 valence electrons. The molecule has 42 heavy (non-hydrogen) atoms. The first-order chi connectivity index (χ1) is 20.4. The average molecular weight is 567 g/mol. The molecule has 7 nitrogen and oxygen atoms in total. The Morgan fingerprint density at radius 1 is 0.810 bits per heavy atom. The van der Waals surface area contributed by atoms with Crippen molar-refractivity contribution in [2.75, 3.05) is 34.4 Å². The summed E-state index contributed by atoms with van der Waals surface area (Å²) in [5.74, 6) is 5.91. The maximum atomic E-state index is 6.85. The molecule has 2 atom stereocenters. The second-order valence-electron chi connectivity index (χ2n) is 11.8. The van der Waals surface area contributed by atoms with Gasteiger partial charge in [0.2, 0.25) is 5.75 Å². The smallest absolute Gasteiger partial charge is 0.212 e. The van der Waals surface area contributed by atoms with E-state index in [9.17, 15) is 0 Å². The summed E-state index contributed by atoms with van der Waals surface area (Å²) < 4.78 is 31.3. The Bertz CT molecular complexity index is 1620. The molecule has 3 aromatic carbocycles. The fourth-order valence-corrected chi connectivity index (χ4v) is 6.75. The molecule has 1 unspecified atom stereocenters. The molecule has 0 fully saturated rings. The van der Waals surface area contributed by atoms with Crippen molar-refractivity contribution in [3.05, 3.63) is 87.7 Å². The summed E-state index contributed by atoms with van der Waals surface area (Å²) >= 11 is 0. The van der Waals surface area contributed by atoms with Crippen LogP contribution in [0.4, 0.5) is 0 Å². The number of ether oxygens (including phenoxy) is 5. The fourth-order valence-electron chi connectivity index (χ4n) is 6.75. The Hall–Kier alpha value is -3.94. The summed E-state index contributed by atoms with van der Waals surface area (Å²) in [5, 5.41) is 3.74. The minimum absolute atomic E-state index is 0.129. The van der Waals surface area contributed by atoms with Crippen LogP contribution >= 0.6 is 0 Å². The number of allylic oxidation sites excluding steroid dienone is 3. The van der Waals surface area contributed by atoms with E-state index < -0.39 is 0 Å². The molecule has 7 rings (SSSR count). The molecule has 3 aromatic rings. The normalized spacial score (nSPS) is 23.5. The molecule has 4 aliphatic rings. The Labute approximate surface area is 247 Å². The van der Waals surface area contributed by atoms with Gasteiger partial charge in [0.05, 0.1) is 14.2 Å². The second-order valence-corrected chi connectivity index (χ2v) is 11.8. The summed E-state index contributed by atoms with van der Waals surface area (Å²) in [6, 6.07) is 12.9. The Kier molecular flexibility index (Phi) is 6.87. The van der Waals surface area contributed by atoms with Gasteiger partial charge in [-0.3, -0.25) is 4.90 Å². The number of rotatable bonds is 2. The first-order valence-electron chi connectivity index (χ1n) is 14.8. The first-order valence-corrected chi connectivity index (χ1v) is 14.8. The number of fused-ring (bicyclic) bond motifs is 2. The van der Waals surface area contributed by atoms with Crippen LogP contribution in [-0.2, 0) is 19.3 Å². The number of nitrogens with zero attached hydrogens (tertiary/aromatic N) is 1. The highest BCUT2D eigenvalue weighted by molar-refractivity contribution is 5.67. The van der Waals surface area contributed by atoms with Gasteiger partial charge in [-0.05, 0) is 112 Å². The average Bonchev–Trinajstić information content (AvgIpc) is 2.99. The lowest BCUT2D eigenvalue weighted by Crippen LogP contribution is -2.33. The summed E-state index contributed by atoms with van der Waals surface area (Å²) in [4.78, 5) is 2.42. The van der Waals surface area contributed by atoms with Crippen molar-refractivity contribution in [1.82, 2.24) is 10.2 Å². The van der Waals surface area contributed by atoms with Crippen LogP contribution < -0.4 is 29.0 Å². The number of hydrogen-bond donors (Lipinski definition) is 1. The van der Waals surface area contributed by atoms with Crippen LogP contribution in [0.2, 0.25) is 0 Å². The highest BCUT2D eigenvalue weighted by Crippen LogP contribution is 2.56. The Balaban J connectivity index is 1.41. The van der Waals surface area contributed by atoms with Gasteiger partial charge in [-0.2, -0.15) is 0 Å². The zero-order valence-corrected chi connectivity index (χ0v) is 25.0. The van der Waals surface area contributed by atoms with E-state index in [1.807, 2.05) is 19.1 Å². The van der Waals surface area contributed by atoms with Gasteiger partial charge in [0.25, 0.3) is 0 Å². The lowest BCUT2D eigenvalue weighted by atomic mass is 9.87. The molecule has 0 aliphatic carbocycles. The number of benzene rings is 3. The SMILES string of the molecule is COc1ccc2cc1O/C(C)=C/C=C(\C)CC1c3c(cc(OC)c4c3Oc3cc5c(cc3O4)CCN[C@H]5C2)CCN1C. The zero-order valence-electron chi connectivity index (χ0n) is 25.0. The van der Waals surface area contributed by atoms with E-state index in [-0.39, 0.29) is 12.1 Å². The van der Waals surface area contributed by atoms with Crippen LogP contribution in [-0.4, -0.2) is 39.3 Å². The minimum atomic E-state index is 0.129. The maximum absolute atomic E-state index is 6.85. The van der Waals surface area contributed by atoms with Crippen molar-refractivity contribution in [2.24, 2.45) is 0 Å². The van der Waals surface area contributed by atoms with E-state index in [0.29, 0.717) is 5.75 Å². The number of nitrogens with one attached hydrogen (secondary N) is 1. The zero-order chi connectivity index (χ0) is 29.0. The van der Waals surface area contributed by atoms with Crippen LogP contribution in [0.5, 0.6) is 40.2 Å². The number of hydrogen-bond acceptors (Lipinski definition) is 7. The summed E-state index contributed by atoms with van der Waals surface area (Å²) in [5.41, 5.74) is 7.37. The van der Waals surface area contributed by atoms with Gasteiger partial charge in [-0.25, -0.2) is 0 Å². The summed E-state index contributed by atoms with van der Waals surface area (Å²) in [6.07, 6.45) is 7.70. The van der Waals surface area contributed by atoms with Crippen molar-refractivity contribution in [3.63, 3.8) is 0 Å². The second kappa shape index (κ2) is 10.7. The van der Waals surface area contributed by atoms with Gasteiger partial charge in [0, 0.05) is 24.2 Å². The maximum Gasteiger partial charge on any atom is 0.212 e. The van der Waals surface area contributed by atoms with Gasteiger partial charge in [-0.15, -0.1) is 0 Å². The summed E-state index contributed by atoms with van der Waals surface area (Å²) in [7, 11) is 5.58. The van der Waals surface area contributed by atoms with E-state index in [2.05, 4.69) is 60.6 Å². The van der Waals surface area contributed by atoms with Gasteiger partial charge in [-0.1, -0.05) is 17.7 Å². The fraction of sp³-hybridized carbons (Fsp3) is 0.371. The van der Waals surface area contributed by atoms with Crippen molar-refractivity contribution in [3.8, 4) is 40.2 Å². The molecule has 7 heteroatoms. The Morgan fingerprint density at radius 2 is 1.62 bits per heavy atom. The molecule has 4 aliphatic heterocycles. The third-order valence-electron chi connectivity index (χ3n) is 8.99. The molecule has 1 N–H and O–H groups in total. The predicted octanol–water partition coefficient (Wildman–Crippen LogP) is 7.19. The van der Waals surface area contributed by atoms with E-state index in [1.54, 1.807) is 14.2 Å². The molecule has 4 heterocycles. The van der Waals surface area contributed by atoms with Crippen LogP contribution in [0.3, 0.4) is 0 Å². The van der Waals surface area contributed by atoms with E-state index in [1.165, 1.54) is 33.4 Å². The largest absolute Gasteiger partial charge is 0.493 e. The van der Waals surface area contributed by atoms with Gasteiger partial charge < -0.3 is 29.0 Å². The lowest BCUT2D eigenvalue weighted by molar-refractivity contribution is 0.219. The highest BCUT2D eigenvalue weighted by Gasteiger charge is 2.36. The highest BCUT2D eigenvalue weighted by atomic mass is 16.6. The third kappa shape index (κ3) is 4.71. The number of likely N-dealkylation sites (N-methyl/N-ethyl adjacent to an activating group) is 1. The Morgan fingerprint density at radius 3 is 2.45 bits per heavy atom. The minimum Gasteiger partial charge on any atom is -0.493 e.